The summed E-state index contributed by atoms with van der Waals surface area (Å²) in [6, 6.07) is 1.56. The van der Waals surface area contributed by atoms with Crippen LogP contribution in [0.4, 0.5) is 17.5 Å². The predicted octanol–water partition coefficient (Wildman–Crippen LogP) is -1.03. The molecule has 0 aliphatic heterocycles. The van der Waals surface area contributed by atoms with Gasteiger partial charge in [-0.1, -0.05) is 0 Å². The van der Waals surface area contributed by atoms with E-state index in [2.05, 4.69) is 35.9 Å². The number of hydrogen-bond acceptors (Lipinski definition) is 14. The van der Waals surface area contributed by atoms with Gasteiger partial charge in [-0.15, -0.1) is 0 Å². The number of nitrogens with one attached hydrogen (secondary N) is 3. The maximum absolute atomic E-state index is 12.8. The summed E-state index contributed by atoms with van der Waals surface area (Å²) in [5.41, 5.74) is 13.3. The number of nitrogens with two attached hydrogens (primary N) is 2. The molecular formula is C30H36N10O11. The summed E-state index contributed by atoms with van der Waals surface area (Å²) in [4.78, 5) is 101. The number of hydrogen-bond donors (Lipinski definition) is 9. The second-order valence-electron chi connectivity index (χ2n) is 11.2. The van der Waals surface area contributed by atoms with Crippen molar-refractivity contribution >= 4 is 70.2 Å². The number of benzene rings is 1. The number of carboxylic acid groups (broad SMARTS) is 4. The number of anilines is 3. The Labute approximate surface area is 288 Å². The summed E-state index contributed by atoms with van der Waals surface area (Å²) in [5.74, 6) is -8.15. The van der Waals surface area contributed by atoms with E-state index >= 15 is 0 Å². The van der Waals surface area contributed by atoms with Crippen molar-refractivity contribution in [3.8, 4) is 0 Å². The van der Waals surface area contributed by atoms with Gasteiger partial charge in [0.05, 0.1) is 18.4 Å². The van der Waals surface area contributed by atoms with Gasteiger partial charge in [-0.3, -0.25) is 19.2 Å². The number of carbonyl (C=O) groups is 7. The largest absolute Gasteiger partial charge is 0.481 e. The van der Waals surface area contributed by atoms with Crippen LogP contribution < -0.4 is 32.3 Å². The Kier molecular flexibility index (Phi) is 13.4. The molecule has 0 radical (unpaired) electrons. The number of fused-ring (bicyclic) bond motifs is 1. The van der Waals surface area contributed by atoms with Crippen LogP contribution in [-0.4, -0.2) is 107 Å². The van der Waals surface area contributed by atoms with Crippen LogP contribution in [0.1, 0.15) is 54.6 Å². The Morgan fingerprint density at radius 1 is 0.725 bits per heavy atom. The summed E-state index contributed by atoms with van der Waals surface area (Å²) in [6.45, 7) is 0.289. The van der Waals surface area contributed by atoms with Crippen LogP contribution in [0.15, 0.2) is 30.5 Å². The van der Waals surface area contributed by atoms with E-state index < -0.39 is 98.2 Å². The van der Waals surface area contributed by atoms with Gasteiger partial charge in [0.25, 0.3) is 5.91 Å². The van der Waals surface area contributed by atoms with Crippen molar-refractivity contribution in [1.29, 1.82) is 0 Å². The van der Waals surface area contributed by atoms with Crippen molar-refractivity contribution in [3.05, 3.63) is 41.7 Å². The first kappa shape index (κ1) is 38.8. The van der Waals surface area contributed by atoms with Crippen molar-refractivity contribution in [2.24, 2.45) is 0 Å². The van der Waals surface area contributed by atoms with Crippen molar-refractivity contribution < 1.29 is 54.0 Å². The Balaban J connectivity index is 1.52. The number of nitrogens with zero attached hydrogens (tertiary/aromatic N) is 5. The highest BCUT2D eigenvalue weighted by atomic mass is 16.4. The van der Waals surface area contributed by atoms with Crippen LogP contribution in [0.3, 0.4) is 0 Å². The van der Waals surface area contributed by atoms with Gasteiger partial charge in [0.15, 0.2) is 17.0 Å². The molecule has 11 N–H and O–H groups in total. The van der Waals surface area contributed by atoms with Gasteiger partial charge in [-0.05, 0) is 43.5 Å². The second-order valence-corrected chi connectivity index (χ2v) is 11.2. The highest BCUT2D eigenvalue weighted by molar-refractivity contribution is 5.97. The monoisotopic (exact) mass is 712 g/mol. The minimum absolute atomic E-state index is 0.0294. The number of carboxylic acids is 4. The average molecular weight is 713 g/mol. The van der Waals surface area contributed by atoms with E-state index in [4.69, 9.17) is 21.7 Å². The first-order chi connectivity index (χ1) is 24.0. The van der Waals surface area contributed by atoms with E-state index in [1.165, 1.54) is 18.3 Å². The normalized spacial score (nSPS) is 12.6. The molecule has 2 heterocycles. The van der Waals surface area contributed by atoms with Gasteiger partial charge < -0.3 is 52.7 Å². The van der Waals surface area contributed by atoms with Gasteiger partial charge in [0.1, 0.15) is 18.1 Å². The second kappa shape index (κ2) is 17.6. The van der Waals surface area contributed by atoms with Crippen LogP contribution in [0.5, 0.6) is 0 Å². The maximum Gasteiger partial charge on any atom is 0.326 e. The van der Waals surface area contributed by atoms with Crippen molar-refractivity contribution in [2.45, 2.75) is 63.2 Å². The van der Waals surface area contributed by atoms with Crippen molar-refractivity contribution in [1.82, 2.24) is 35.9 Å². The molecule has 3 aromatic rings. The molecule has 0 fully saturated rings. The zero-order valence-corrected chi connectivity index (χ0v) is 27.1. The Hall–Kier alpha value is -6.67. The number of aliphatic carboxylic acids is 4. The molecule has 1 aromatic carbocycles. The highest BCUT2D eigenvalue weighted by Gasteiger charge is 2.26. The fraction of sp³-hybridized carbons (Fsp3) is 0.367. The van der Waals surface area contributed by atoms with E-state index in [-0.39, 0.29) is 29.5 Å². The molecule has 272 valence electrons. The zero-order valence-electron chi connectivity index (χ0n) is 27.1. The third-order valence-corrected chi connectivity index (χ3v) is 7.31. The van der Waals surface area contributed by atoms with Crippen LogP contribution in [0.25, 0.3) is 11.2 Å². The van der Waals surface area contributed by atoms with E-state index in [9.17, 15) is 43.8 Å². The SMILES string of the molecule is CN(Cc1cnc2nc(N)nc(N)c2n1)c1ccc(C(=O)N[C@H](CCC(=O)N[C@H](CCC(=O)N[C@H](CCC(=O)O)C(=O)O)C(=O)O)C(=O)O)cc1. The average Bonchev–Trinajstić information content (AvgIpc) is 3.06. The highest BCUT2D eigenvalue weighted by Crippen LogP contribution is 2.19. The smallest absolute Gasteiger partial charge is 0.326 e. The summed E-state index contributed by atoms with van der Waals surface area (Å²) < 4.78 is 0. The zero-order chi connectivity index (χ0) is 37.8. The minimum Gasteiger partial charge on any atom is -0.481 e. The fourth-order valence-corrected chi connectivity index (χ4v) is 4.63. The topological polar surface area (TPSA) is 343 Å². The van der Waals surface area contributed by atoms with E-state index in [0.29, 0.717) is 16.9 Å². The third kappa shape index (κ3) is 11.8. The molecule has 3 atom stereocenters. The molecule has 2 aromatic heterocycles. The molecule has 0 saturated carbocycles. The van der Waals surface area contributed by atoms with Crippen molar-refractivity contribution in [2.75, 3.05) is 23.4 Å². The molecule has 3 rings (SSSR count). The molecule has 51 heavy (non-hydrogen) atoms. The summed E-state index contributed by atoms with van der Waals surface area (Å²) >= 11 is 0. The third-order valence-electron chi connectivity index (χ3n) is 7.31. The van der Waals surface area contributed by atoms with Gasteiger partial charge in [-0.25, -0.2) is 24.4 Å². The summed E-state index contributed by atoms with van der Waals surface area (Å²) in [5, 5.41) is 43.6. The number of nitrogen functional groups attached to an aromatic ring is 2. The molecule has 0 saturated heterocycles. The lowest BCUT2D eigenvalue weighted by atomic mass is 10.1. The summed E-state index contributed by atoms with van der Waals surface area (Å²) in [7, 11) is 1.76. The number of carbonyl (C=O) groups excluding carboxylic acids is 3. The lowest BCUT2D eigenvalue weighted by Crippen LogP contribution is -2.45. The Morgan fingerprint density at radius 3 is 1.75 bits per heavy atom. The molecule has 21 heteroatoms. The lowest BCUT2D eigenvalue weighted by Gasteiger charge is -2.20. The van der Waals surface area contributed by atoms with E-state index in [0.717, 1.165) is 0 Å². The molecule has 0 spiro atoms. The van der Waals surface area contributed by atoms with Crippen LogP contribution in [-0.2, 0) is 35.3 Å². The molecule has 0 aliphatic carbocycles. The van der Waals surface area contributed by atoms with Gasteiger partial charge >= 0.3 is 23.9 Å². The number of amides is 3. The minimum atomic E-state index is -1.58. The molecule has 3 amide bonds. The number of aromatic nitrogens is 4. The molecule has 0 bridgehead atoms. The van der Waals surface area contributed by atoms with Crippen LogP contribution >= 0.6 is 0 Å². The van der Waals surface area contributed by atoms with Crippen molar-refractivity contribution in [3.63, 3.8) is 0 Å². The fourth-order valence-electron chi connectivity index (χ4n) is 4.63. The maximum atomic E-state index is 12.8. The first-order valence-corrected chi connectivity index (χ1v) is 15.2. The van der Waals surface area contributed by atoms with E-state index in [1.807, 2.05) is 0 Å². The van der Waals surface area contributed by atoms with Gasteiger partial charge in [0, 0.05) is 37.6 Å². The lowest BCUT2D eigenvalue weighted by molar-refractivity contribution is -0.144. The molecular weight excluding hydrogens is 676 g/mol. The van der Waals surface area contributed by atoms with Crippen LogP contribution in [0.2, 0.25) is 0 Å². The molecule has 0 unspecified atom stereocenters. The Morgan fingerprint density at radius 2 is 1.24 bits per heavy atom. The Bertz CT molecular complexity index is 1810. The summed E-state index contributed by atoms with van der Waals surface area (Å²) in [6.07, 6.45) is -1.29. The standard InChI is InChI=1S/C30H36N10O11/c1-40(13-15-12-33-25-23(34-15)24(31)38-30(32)39-25)16-4-2-14(3-5-16)26(45)37-19(29(50)51)7-10-21(42)35-17(27(46)47)6-9-20(41)36-18(28(48)49)8-11-22(43)44/h2-5,12,17-19H,6-11,13H2,1H3,(H,35,42)(H,36,41)(H,37,45)(H,43,44)(H,46,47)(H,48,49)(H,50,51)(H4,31,32,33,38,39)/t17-,18-,19-/m1/s1. The quantitative estimate of drug-likeness (QED) is 0.0717. The molecule has 21 nitrogen and oxygen atoms in total. The molecule has 0 aliphatic rings. The van der Waals surface area contributed by atoms with Crippen LogP contribution in [0, 0.1) is 0 Å². The van der Waals surface area contributed by atoms with E-state index in [1.54, 1.807) is 24.1 Å². The first-order valence-electron chi connectivity index (χ1n) is 15.2. The number of rotatable bonds is 19. The predicted molar refractivity (Wildman–Crippen MR) is 176 cm³/mol. The van der Waals surface area contributed by atoms with Gasteiger partial charge in [-0.2, -0.15) is 9.97 Å². The van der Waals surface area contributed by atoms with Gasteiger partial charge in [0.2, 0.25) is 17.8 Å².